The number of nitrogens with one attached hydrogen (secondary N) is 2. The summed E-state index contributed by atoms with van der Waals surface area (Å²) < 4.78 is 40.2. The van der Waals surface area contributed by atoms with Crippen LogP contribution in [0.3, 0.4) is 0 Å². The van der Waals surface area contributed by atoms with E-state index in [9.17, 15) is 17.6 Å². The molecule has 4 aromatic rings. The number of amides is 1. The largest absolute Gasteiger partial charge is 0.322 e. The van der Waals surface area contributed by atoms with Crippen LogP contribution in [-0.2, 0) is 10.0 Å². The average Bonchev–Trinajstić information content (AvgIpc) is 2.85. The number of carbonyl (C=O) groups excluding carboxylic acids is 1. The number of sulfonamides is 1. The van der Waals surface area contributed by atoms with Crippen LogP contribution >= 0.6 is 0 Å². The first kappa shape index (κ1) is 22.8. The number of carbonyl (C=O) groups is 1. The van der Waals surface area contributed by atoms with E-state index in [2.05, 4.69) is 20.3 Å². The molecule has 0 aromatic heterocycles. The molecule has 0 aliphatic rings. The predicted molar refractivity (Wildman–Crippen MR) is 129 cm³/mol. The Hall–Kier alpha value is -4.37. The van der Waals surface area contributed by atoms with E-state index >= 15 is 0 Å². The Morgan fingerprint density at radius 3 is 1.85 bits per heavy atom. The lowest BCUT2D eigenvalue weighted by Gasteiger charge is -2.09. The zero-order valence-electron chi connectivity index (χ0n) is 17.7. The lowest BCUT2D eigenvalue weighted by molar-refractivity contribution is 0.102. The van der Waals surface area contributed by atoms with Crippen molar-refractivity contribution in [3.63, 3.8) is 0 Å². The number of azo groups is 1. The number of hydrogen-bond acceptors (Lipinski definition) is 5. The average molecular weight is 475 g/mol. The van der Waals surface area contributed by atoms with Crippen molar-refractivity contribution in [2.45, 2.75) is 4.90 Å². The lowest BCUT2D eigenvalue weighted by atomic mass is 10.2. The lowest BCUT2D eigenvalue weighted by Crippen LogP contribution is -2.14. The fraction of sp³-hybridized carbons (Fsp3) is 0. The van der Waals surface area contributed by atoms with Gasteiger partial charge < -0.3 is 5.32 Å². The number of nitrogens with zero attached hydrogens (tertiary/aromatic N) is 2. The Balaban J connectivity index is 1.37. The molecule has 0 radical (unpaired) electrons. The first-order valence-electron chi connectivity index (χ1n) is 10.2. The minimum Gasteiger partial charge on any atom is -0.322 e. The summed E-state index contributed by atoms with van der Waals surface area (Å²) in [5.74, 6) is -0.882. The van der Waals surface area contributed by atoms with Gasteiger partial charge in [-0.3, -0.25) is 9.52 Å². The minimum absolute atomic E-state index is 0.0672. The summed E-state index contributed by atoms with van der Waals surface area (Å²) in [5.41, 5.74) is 2.57. The molecule has 4 rings (SSSR count). The first-order chi connectivity index (χ1) is 16.4. The molecular weight excluding hydrogens is 455 g/mol. The molecule has 170 valence electrons. The summed E-state index contributed by atoms with van der Waals surface area (Å²) in [7, 11) is -3.87. The van der Waals surface area contributed by atoms with Gasteiger partial charge in [0.2, 0.25) is 0 Å². The van der Waals surface area contributed by atoms with Crippen molar-refractivity contribution in [3.8, 4) is 0 Å². The van der Waals surface area contributed by atoms with Crippen LogP contribution in [-0.4, -0.2) is 14.3 Å². The van der Waals surface area contributed by atoms with Gasteiger partial charge in [-0.05, 0) is 84.9 Å². The maximum Gasteiger partial charge on any atom is 0.261 e. The Labute approximate surface area is 196 Å². The van der Waals surface area contributed by atoms with E-state index in [1.807, 2.05) is 30.3 Å². The molecule has 1 amide bonds. The molecule has 2 N–H and O–H groups in total. The second kappa shape index (κ2) is 10.1. The molecule has 0 aliphatic carbocycles. The summed E-state index contributed by atoms with van der Waals surface area (Å²) in [6, 6.07) is 26.7. The van der Waals surface area contributed by atoms with Crippen LogP contribution in [0.5, 0.6) is 0 Å². The molecule has 7 nitrogen and oxygen atoms in total. The van der Waals surface area contributed by atoms with Crippen molar-refractivity contribution in [1.82, 2.24) is 0 Å². The van der Waals surface area contributed by atoms with Gasteiger partial charge in [0.05, 0.1) is 16.3 Å². The van der Waals surface area contributed by atoms with E-state index in [4.69, 9.17) is 0 Å². The summed E-state index contributed by atoms with van der Waals surface area (Å²) in [4.78, 5) is 12.5. The topological polar surface area (TPSA) is 100.0 Å². The Kier molecular flexibility index (Phi) is 6.74. The summed E-state index contributed by atoms with van der Waals surface area (Å²) in [5, 5.41) is 11.1. The third kappa shape index (κ3) is 5.90. The molecule has 9 heteroatoms. The highest BCUT2D eigenvalue weighted by Gasteiger charge is 2.14. The second-order valence-electron chi connectivity index (χ2n) is 7.17. The van der Waals surface area contributed by atoms with Crippen molar-refractivity contribution in [1.29, 1.82) is 0 Å². The van der Waals surface area contributed by atoms with Crippen LogP contribution < -0.4 is 10.0 Å². The Bertz CT molecular complexity index is 1410. The molecule has 0 saturated carbocycles. The number of halogens is 1. The summed E-state index contributed by atoms with van der Waals surface area (Å²) >= 11 is 0. The summed E-state index contributed by atoms with van der Waals surface area (Å²) in [6.07, 6.45) is 0. The highest BCUT2D eigenvalue weighted by Crippen LogP contribution is 2.21. The molecule has 0 unspecified atom stereocenters. The van der Waals surface area contributed by atoms with Gasteiger partial charge in [0.15, 0.2) is 0 Å². The molecule has 4 aromatic carbocycles. The smallest absolute Gasteiger partial charge is 0.261 e. The quantitative estimate of drug-likeness (QED) is 0.308. The van der Waals surface area contributed by atoms with Gasteiger partial charge in [0.25, 0.3) is 15.9 Å². The molecule has 0 spiro atoms. The van der Waals surface area contributed by atoms with Gasteiger partial charge in [-0.15, -0.1) is 0 Å². The number of benzene rings is 4. The van der Waals surface area contributed by atoms with E-state index in [1.54, 1.807) is 24.3 Å². The van der Waals surface area contributed by atoms with Gasteiger partial charge in [-0.1, -0.05) is 18.2 Å². The SMILES string of the molecule is O=C(Nc1ccc(N=Nc2ccccc2)cc1)c1ccc(NS(=O)(=O)c2ccc(F)cc2)cc1. The van der Waals surface area contributed by atoms with Crippen molar-refractivity contribution in [2.24, 2.45) is 10.2 Å². The van der Waals surface area contributed by atoms with E-state index in [1.165, 1.54) is 36.4 Å². The van der Waals surface area contributed by atoms with E-state index < -0.39 is 15.8 Å². The van der Waals surface area contributed by atoms with Crippen molar-refractivity contribution >= 4 is 38.7 Å². The number of hydrogen-bond donors (Lipinski definition) is 2. The standard InChI is InChI=1S/C25H19FN4O3S/c26-19-8-16-24(17-9-19)34(32,33)30-23-10-6-18(7-11-23)25(31)27-20-12-14-22(15-13-20)29-28-21-4-2-1-3-5-21/h1-17,30H,(H,27,31). The van der Waals surface area contributed by atoms with Gasteiger partial charge in [-0.25, -0.2) is 12.8 Å². The third-order valence-corrected chi connectivity index (χ3v) is 6.08. The Morgan fingerprint density at radius 1 is 0.676 bits per heavy atom. The third-order valence-electron chi connectivity index (χ3n) is 4.69. The second-order valence-corrected chi connectivity index (χ2v) is 8.86. The van der Waals surface area contributed by atoms with Gasteiger partial charge in [0.1, 0.15) is 5.82 Å². The van der Waals surface area contributed by atoms with Crippen molar-refractivity contribution < 1.29 is 17.6 Å². The van der Waals surface area contributed by atoms with Crippen LogP contribution in [0, 0.1) is 5.82 Å². The van der Waals surface area contributed by atoms with E-state index in [-0.39, 0.29) is 16.5 Å². The molecule has 0 fully saturated rings. The van der Waals surface area contributed by atoms with Crippen LogP contribution in [0.25, 0.3) is 0 Å². The fourth-order valence-corrected chi connectivity index (χ4v) is 4.00. The zero-order valence-corrected chi connectivity index (χ0v) is 18.5. The highest BCUT2D eigenvalue weighted by molar-refractivity contribution is 7.92. The normalized spacial score (nSPS) is 11.3. The number of anilines is 2. The molecule has 0 bridgehead atoms. The maximum absolute atomic E-state index is 13.0. The monoisotopic (exact) mass is 474 g/mol. The molecule has 34 heavy (non-hydrogen) atoms. The van der Waals surface area contributed by atoms with Crippen LogP contribution in [0.2, 0.25) is 0 Å². The molecule has 0 aliphatic heterocycles. The molecule has 0 atom stereocenters. The van der Waals surface area contributed by atoms with E-state index in [0.29, 0.717) is 16.9 Å². The zero-order chi connectivity index (χ0) is 24.0. The molecule has 0 saturated heterocycles. The van der Waals surface area contributed by atoms with Crippen LogP contribution in [0.15, 0.2) is 118 Å². The summed E-state index contributed by atoms with van der Waals surface area (Å²) in [6.45, 7) is 0. The van der Waals surface area contributed by atoms with E-state index in [0.717, 1.165) is 17.8 Å². The van der Waals surface area contributed by atoms with Crippen molar-refractivity contribution in [3.05, 3.63) is 115 Å². The fourth-order valence-electron chi connectivity index (χ4n) is 2.94. The maximum atomic E-state index is 13.0. The van der Waals surface area contributed by atoms with Crippen molar-refractivity contribution in [2.75, 3.05) is 10.0 Å². The van der Waals surface area contributed by atoms with Crippen LogP contribution in [0.1, 0.15) is 10.4 Å². The van der Waals surface area contributed by atoms with Gasteiger partial charge >= 0.3 is 0 Å². The highest BCUT2D eigenvalue weighted by atomic mass is 32.2. The number of rotatable bonds is 7. The minimum atomic E-state index is -3.87. The Morgan fingerprint density at radius 2 is 1.24 bits per heavy atom. The first-order valence-corrected chi connectivity index (χ1v) is 11.6. The molecule has 0 heterocycles. The van der Waals surface area contributed by atoms with Gasteiger partial charge in [-0.2, -0.15) is 10.2 Å². The molecular formula is C25H19FN4O3S. The van der Waals surface area contributed by atoms with Crippen LogP contribution in [0.4, 0.5) is 27.1 Å². The predicted octanol–water partition coefficient (Wildman–Crippen LogP) is 6.29. The van der Waals surface area contributed by atoms with Gasteiger partial charge in [0, 0.05) is 16.9 Å².